The van der Waals surface area contributed by atoms with E-state index in [1.54, 1.807) is 0 Å². The highest BCUT2D eigenvalue weighted by Crippen LogP contribution is 2.30. The van der Waals surface area contributed by atoms with E-state index in [1.807, 2.05) is 24.3 Å². The minimum atomic E-state index is -0.808. The molecule has 1 aromatic rings. The van der Waals surface area contributed by atoms with Crippen LogP contribution in [0.15, 0.2) is 24.3 Å². The van der Waals surface area contributed by atoms with Crippen LogP contribution < -0.4 is 10.6 Å². The number of hydrogen-bond donors (Lipinski definition) is 3. The SMILES string of the molecule is O=C(O)C1CCCC(C(=O)NCc2cccc(NC(=O)C3CCC3)c2)C1. The molecule has 2 fully saturated rings. The third-order valence-electron chi connectivity index (χ3n) is 5.53. The highest BCUT2D eigenvalue weighted by Gasteiger charge is 2.30. The number of benzene rings is 1. The Labute approximate surface area is 153 Å². The molecule has 3 N–H and O–H groups in total. The first kappa shape index (κ1) is 18.4. The van der Waals surface area contributed by atoms with Gasteiger partial charge in [0.15, 0.2) is 0 Å². The molecule has 2 saturated carbocycles. The molecule has 1 aromatic carbocycles. The number of amides is 2. The van der Waals surface area contributed by atoms with Crippen molar-refractivity contribution in [2.75, 3.05) is 5.32 Å². The summed E-state index contributed by atoms with van der Waals surface area (Å²) in [5.41, 5.74) is 1.66. The van der Waals surface area contributed by atoms with Gasteiger partial charge in [-0.1, -0.05) is 25.0 Å². The van der Waals surface area contributed by atoms with Crippen LogP contribution in [-0.4, -0.2) is 22.9 Å². The Morgan fingerprint density at radius 2 is 1.65 bits per heavy atom. The number of aliphatic carboxylic acids is 1. The summed E-state index contributed by atoms with van der Waals surface area (Å²) >= 11 is 0. The Morgan fingerprint density at radius 3 is 2.35 bits per heavy atom. The number of carboxylic acids is 1. The van der Waals surface area contributed by atoms with E-state index < -0.39 is 11.9 Å². The Morgan fingerprint density at radius 1 is 0.962 bits per heavy atom. The molecule has 2 atom stereocenters. The predicted molar refractivity (Wildman–Crippen MR) is 97.3 cm³/mol. The second kappa shape index (κ2) is 8.34. The molecule has 0 aliphatic heterocycles. The second-order valence-electron chi connectivity index (χ2n) is 7.43. The molecule has 0 spiro atoms. The zero-order chi connectivity index (χ0) is 18.5. The van der Waals surface area contributed by atoms with Gasteiger partial charge in [0.05, 0.1) is 5.92 Å². The Balaban J connectivity index is 1.51. The van der Waals surface area contributed by atoms with Crippen LogP contribution >= 0.6 is 0 Å². The molecule has 6 nitrogen and oxygen atoms in total. The number of carbonyl (C=O) groups is 3. The largest absolute Gasteiger partial charge is 0.481 e. The van der Waals surface area contributed by atoms with Crippen molar-refractivity contribution in [2.24, 2.45) is 17.8 Å². The lowest BCUT2D eigenvalue weighted by atomic mass is 9.81. The Kier molecular flexibility index (Phi) is 5.91. The summed E-state index contributed by atoms with van der Waals surface area (Å²) in [7, 11) is 0. The summed E-state index contributed by atoms with van der Waals surface area (Å²) in [5.74, 6) is -1.33. The van der Waals surface area contributed by atoms with Crippen LogP contribution in [0.4, 0.5) is 5.69 Å². The van der Waals surface area contributed by atoms with Gasteiger partial charge in [0.25, 0.3) is 0 Å². The van der Waals surface area contributed by atoms with Crippen LogP contribution in [0.5, 0.6) is 0 Å². The average molecular weight is 358 g/mol. The molecule has 140 valence electrons. The van der Waals surface area contributed by atoms with Gasteiger partial charge < -0.3 is 15.7 Å². The van der Waals surface area contributed by atoms with Crippen molar-refractivity contribution >= 4 is 23.5 Å². The zero-order valence-electron chi connectivity index (χ0n) is 14.9. The van der Waals surface area contributed by atoms with Crippen LogP contribution in [0.2, 0.25) is 0 Å². The van der Waals surface area contributed by atoms with Crippen molar-refractivity contribution in [3.8, 4) is 0 Å². The van der Waals surface area contributed by atoms with E-state index in [4.69, 9.17) is 5.11 Å². The maximum Gasteiger partial charge on any atom is 0.306 e. The smallest absolute Gasteiger partial charge is 0.306 e. The fourth-order valence-corrected chi connectivity index (χ4v) is 3.66. The summed E-state index contributed by atoms with van der Waals surface area (Å²) in [4.78, 5) is 35.5. The summed E-state index contributed by atoms with van der Waals surface area (Å²) in [6.45, 7) is 0.375. The van der Waals surface area contributed by atoms with Crippen LogP contribution in [-0.2, 0) is 20.9 Å². The molecule has 2 unspecified atom stereocenters. The fourth-order valence-electron chi connectivity index (χ4n) is 3.66. The first-order valence-corrected chi connectivity index (χ1v) is 9.43. The molecular formula is C20H26N2O4. The van der Waals surface area contributed by atoms with E-state index in [2.05, 4.69) is 10.6 Å². The van der Waals surface area contributed by atoms with Gasteiger partial charge in [-0.2, -0.15) is 0 Å². The minimum Gasteiger partial charge on any atom is -0.481 e. The number of carboxylic acid groups (broad SMARTS) is 1. The Bertz CT molecular complexity index is 684. The molecule has 3 rings (SSSR count). The Hall–Kier alpha value is -2.37. The maximum atomic E-state index is 12.4. The highest BCUT2D eigenvalue weighted by atomic mass is 16.4. The summed E-state index contributed by atoms with van der Waals surface area (Å²) in [6, 6.07) is 7.48. The lowest BCUT2D eigenvalue weighted by Crippen LogP contribution is -2.35. The lowest BCUT2D eigenvalue weighted by Gasteiger charge is -2.25. The molecule has 2 aliphatic rings. The molecule has 0 saturated heterocycles. The molecule has 26 heavy (non-hydrogen) atoms. The molecule has 0 heterocycles. The third-order valence-corrected chi connectivity index (χ3v) is 5.53. The van der Waals surface area contributed by atoms with Crippen molar-refractivity contribution in [3.63, 3.8) is 0 Å². The van der Waals surface area contributed by atoms with Crippen molar-refractivity contribution in [1.29, 1.82) is 0 Å². The molecule has 6 heteroatoms. The third kappa shape index (κ3) is 4.62. The van der Waals surface area contributed by atoms with Crippen LogP contribution in [0, 0.1) is 17.8 Å². The number of nitrogens with one attached hydrogen (secondary N) is 2. The van der Waals surface area contributed by atoms with Gasteiger partial charge in [0, 0.05) is 24.1 Å². The molecule has 2 amide bonds. The zero-order valence-corrected chi connectivity index (χ0v) is 14.9. The normalized spacial score (nSPS) is 22.9. The molecule has 0 bridgehead atoms. The van der Waals surface area contributed by atoms with Gasteiger partial charge in [-0.3, -0.25) is 14.4 Å². The second-order valence-corrected chi connectivity index (χ2v) is 7.43. The van der Waals surface area contributed by atoms with E-state index in [0.29, 0.717) is 19.4 Å². The van der Waals surface area contributed by atoms with E-state index in [9.17, 15) is 14.4 Å². The lowest BCUT2D eigenvalue weighted by molar-refractivity contribution is -0.144. The quantitative estimate of drug-likeness (QED) is 0.728. The number of hydrogen-bond acceptors (Lipinski definition) is 3. The summed E-state index contributed by atoms with van der Waals surface area (Å²) in [5, 5.41) is 15.0. The molecule has 0 aromatic heterocycles. The van der Waals surface area contributed by atoms with Crippen molar-refractivity contribution in [1.82, 2.24) is 5.32 Å². The minimum absolute atomic E-state index is 0.0688. The number of rotatable bonds is 6. The highest BCUT2D eigenvalue weighted by molar-refractivity contribution is 5.93. The van der Waals surface area contributed by atoms with Crippen LogP contribution in [0.3, 0.4) is 0 Å². The predicted octanol–water partition coefficient (Wildman–Crippen LogP) is 2.93. The van der Waals surface area contributed by atoms with E-state index >= 15 is 0 Å². The first-order chi connectivity index (χ1) is 12.5. The number of anilines is 1. The van der Waals surface area contributed by atoms with Crippen LogP contribution in [0.25, 0.3) is 0 Å². The number of carbonyl (C=O) groups excluding carboxylic acids is 2. The maximum absolute atomic E-state index is 12.4. The molecular weight excluding hydrogens is 332 g/mol. The van der Waals surface area contributed by atoms with Gasteiger partial charge in [0.1, 0.15) is 0 Å². The van der Waals surface area contributed by atoms with E-state index in [-0.39, 0.29) is 23.7 Å². The summed E-state index contributed by atoms with van der Waals surface area (Å²) in [6.07, 6.45) is 5.63. The monoisotopic (exact) mass is 358 g/mol. The van der Waals surface area contributed by atoms with Crippen molar-refractivity contribution in [2.45, 2.75) is 51.5 Å². The molecule has 0 radical (unpaired) electrons. The van der Waals surface area contributed by atoms with Gasteiger partial charge in [-0.25, -0.2) is 0 Å². The van der Waals surface area contributed by atoms with Crippen LogP contribution in [0.1, 0.15) is 50.5 Å². The average Bonchev–Trinajstić information content (AvgIpc) is 2.58. The van der Waals surface area contributed by atoms with Gasteiger partial charge in [-0.05, 0) is 49.8 Å². The van der Waals surface area contributed by atoms with Gasteiger partial charge in [0.2, 0.25) is 11.8 Å². The van der Waals surface area contributed by atoms with Gasteiger partial charge in [-0.15, -0.1) is 0 Å². The fraction of sp³-hybridized carbons (Fsp3) is 0.550. The van der Waals surface area contributed by atoms with E-state index in [0.717, 1.165) is 43.4 Å². The van der Waals surface area contributed by atoms with Gasteiger partial charge >= 0.3 is 5.97 Å². The topological polar surface area (TPSA) is 95.5 Å². The van der Waals surface area contributed by atoms with Crippen molar-refractivity contribution < 1.29 is 19.5 Å². The first-order valence-electron chi connectivity index (χ1n) is 9.43. The van der Waals surface area contributed by atoms with E-state index in [1.165, 1.54) is 0 Å². The summed E-state index contributed by atoms with van der Waals surface area (Å²) < 4.78 is 0. The molecule has 2 aliphatic carbocycles. The van der Waals surface area contributed by atoms with Crippen molar-refractivity contribution in [3.05, 3.63) is 29.8 Å². The standard InChI is InChI=1S/C20H26N2O4/c23-18(15-7-3-8-16(11-15)20(25)26)21-12-13-4-1-9-17(10-13)22-19(24)14-5-2-6-14/h1,4,9-10,14-16H,2-3,5-8,11-12H2,(H,21,23)(H,22,24)(H,25,26).